The number of hydrogen-bond acceptors (Lipinski definition) is 23. The molecule has 1 saturated carbocycles. The SMILES string of the molecule is CN(C(=O)OC(C)(C)C)[C@@H]1[C@@H](O)[C@@H](O[C@@H]2[C@@H](O)[C@H](O[C@H]3OC(CNCCO)=CC[C@H]3NC(=O)OCc3ccc([N+](=O)[O-])cc3)[C@@H](NC(=O)OCc3ccc([N+](=O)[O-])cc3)C[C@H]2NC(=O)[C@@H](O)CNC(=O)OC(C)(C)C)OC[C@]1(C)O. The molecule has 1 aliphatic carbocycles. The van der Waals surface area contributed by atoms with E-state index in [2.05, 4.69) is 26.6 Å². The Bertz CT molecular complexity index is 2490. The molecule has 2 aliphatic heterocycles. The van der Waals surface area contributed by atoms with Crippen molar-refractivity contribution in [2.45, 2.75) is 159 Å². The molecular formula is C50H72N8O22. The number of amides is 5. The van der Waals surface area contributed by atoms with Gasteiger partial charge in [-0.25, -0.2) is 19.2 Å². The lowest BCUT2D eigenvalue weighted by Gasteiger charge is -2.50. The van der Waals surface area contributed by atoms with Gasteiger partial charge < -0.3 is 94.9 Å². The Labute approximate surface area is 459 Å². The molecule has 0 unspecified atom stereocenters. The second-order valence-electron chi connectivity index (χ2n) is 21.3. The molecule has 0 spiro atoms. The molecule has 5 rings (SSSR count). The van der Waals surface area contributed by atoms with Gasteiger partial charge in [0.05, 0.1) is 60.3 Å². The molecule has 2 aromatic rings. The van der Waals surface area contributed by atoms with Gasteiger partial charge in [-0.15, -0.1) is 0 Å². The number of hydrogen-bond donors (Lipinski definition) is 10. The Morgan fingerprint density at radius 2 is 1.29 bits per heavy atom. The second kappa shape index (κ2) is 27.9. The summed E-state index contributed by atoms with van der Waals surface area (Å²) in [6.45, 7) is 8.73. The number of nitrogens with zero attached hydrogens (tertiary/aromatic N) is 3. The highest BCUT2D eigenvalue weighted by Gasteiger charge is 2.55. The van der Waals surface area contributed by atoms with E-state index in [4.69, 9.17) is 37.9 Å². The maximum atomic E-state index is 13.9. The van der Waals surface area contributed by atoms with E-state index >= 15 is 0 Å². The van der Waals surface area contributed by atoms with Crippen LogP contribution in [0.1, 0.15) is 72.4 Å². The van der Waals surface area contributed by atoms with Crippen LogP contribution in [0, 0.1) is 20.2 Å². The van der Waals surface area contributed by atoms with Crippen LogP contribution >= 0.6 is 0 Å². The van der Waals surface area contributed by atoms with E-state index in [0.29, 0.717) is 11.1 Å². The number of non-ortho nitro benzene ring substituents is 2. The van der Waals surface area contributed by atoms with Gasteiger partial charge in [0.2, 0.25) is 6.29 Å². The molecular weight excluding hydrogens is 1060 g/mol. The number of carbonyl (C=O) groups is 5. The van der Waals surface area contributed by atoms with Gasteiger partial charge in [-0.1, -0.05) is 0 Å². The van der Waals surface area contributed by atoms with Crippen molar-refractivity contribution in [2.24, 2.45) is 0 Å². The third kappa shape index (κ3) is 18.8. The fraction of sp³-hybridized carbons (Fsp3) is 0.620. The van der Waals surface area contributed by atoms with Crippen molar-refractivity contribution in [3.05, 3.63) is 91.7 Å². The number of nitrogens with one attached hydrogen (secondary N) is 5. The summed E-state index contributed by atoms with van der Waals surface area (Å²) in [6, 6.07) is 4.67. The summed E-state index contributed by atoms with van der Waals surface area (Å²) in [6.07, 6.45) is -15.9. The molecule has 444 valence electrons. The molecule has 1 saturated heterocycles. The van der Waals surface area contributed by atoms with Crippen LogP contribution in [0.2, 0.25) is 0 Å². The number of aliphatic hydroxyl groups excluding tert-OH is 4. The molecule has 0 aromatic heterocycles. The summed E-state index contributed by atoms with van der Waals surface area (Å²) >= 11 is 0. The van der Waals surface area contributed by atoms with Gasteiger partial charge in [0, 0.05) is 37.9 Å². The van der Waals surface area contributed by atoms with Crippen LogP contribution in [0.25, 0.3) is 0 Å². The first-order chi connectivity index (χ1) is 37.4. The fourth-order valence-corrected chi connectivity index (χ4v) is 8.59. The van der Waals surface area contributed by atoms with Crippen molar-refractivity contribution >= 4 is 41.7 Å². The molecule has 0 bridgehead atoms. The predicted molar refractivity (Wildman–Crippen MR) is 275 cm³/mol. The Balaban J connectivity index is 1.52. The standard InChI is InChI=1S/C50H72N8O22/c1-48(2,3)79-44(64)52-23-35(60)41(63)53-33-21-34(55-46(66)74-25-28-11-15-30(16-12-28)58(71)72)39(36(61)38(33)78-43-37(62)40(50(7,68)26-75-43)56(8)47(67)80-49(4,5)6)77-42-32(18-17-31(76-42)22-51-19-20-59)54-45(65)73-24-27-9-13-29(14-10-27)57(69)70/h9-17,32-40,42-43,51,59-62,68H,18-26H2,1-8H3,(H,52,64)(H,53,63)(H,54,65)(H,55,66)/t32-,33-,34+,35+,36-,37-,38+,39-,40-,42-,43-,50+/m1/s1. The number of rotatable bonds is 21. The molecule has 5 amide bonds. The van der Waals surface area contributed by atoms with Crippen LogP contribution in [0.3, 0.4) is 0 Å². The highest BCUT2D eigenvalue weighted by molar-refractivity contribution is 5.82. The Kier molecular flexibility index (Phi) is 22.3. The average Bonchev–Trinajstić information content (AvgIpc) is 3.37. The minimum absolute atomic E-state index is 0.0198. The van der Waals surface area contributed by atoms with E-state index in [1.54, 1.807) is 47.6 Å². The zero-order chi connectivity index (χ0) is 59.3. The summed E-state index contributed by atoms with van der Waals surface area (Å²) in [7, 11) is 1.26. The van der Waals surface area contributed by atoms with Gasteiger partial charge in [-0.05, 0) is 103 Å². The van der Waals surface area contributed by atoms with Gasteiger partial charge in [-0.2, -0.15) is 0 Å². The maximum Gasteiger partial charge on any atom is 0.410 e. The highest BCUT2D eigenvalue weighted by atomic mass is 16.7. The molecule has 10 N–H and O–H groups in total. The van der Waals surface area contributed by atoms with Crippen molar-refractivity contribution in [3.8, 4) is 0 Å². The first kappa shape index (κ1) is 63.8. The third-order valence-corrected chi connectivity index (χ3v) is 12.3. The number of ether oxygens (including phenoxy) is 8. The van der Waals surface area contributed by atoms with E-state index < -0.39 is 150 Å². The molecule has 3 aliphatic rings. The van der Waals surface area contributed by atoms with E-state index in [1.165, 1.54) is 62.5 Å². The van der Waals surface area contributed by atoms with E-state index in [1.807, 2.05) is 0 Å². The van der Waals surface area contributed by atoms with Crippen LogP contribution in [-0.4, -0.2) is 195 Å². The van der Waals surface area contributed by atoms with E-state index in [-0.39, 0.29) is 49.9 Å². The predicted octanol–water partition coefficient (Wildman–Crippen LogP) is 1.21. The molecule has 12 atom stereocenters. The number of nitro groups is 2. The van der Waals surface area contributed by atoms with Crippen LogP contribution in [0.15, 0.2) is 60.4 Å². The van der Waals surface area contributed by atoms with Crippen LogP contribution in [0.4, 0.5) is 30.6 Å². The lowest BCUT2D eigenvalue weighted by atomic mass is 9.82. The quantitative estimate of drug-likeness (QED) is 0.0363. The third-order valence-electron chi connectivity index (χ3n) is 12.3. The number of likely N-dealkylation sites (N-methyl/N-ethyl adjacent to an activating group) is 1. The highest BCUT2D eigenvalue weighted by Crippen LogP contribution is 2.35. The Morgan fingerprint density at radius 1 is 0.775 bits per heavy atom. The molecule has 30 nitrogen and oxygen atoms in total. The van der Waals surface area contributed by atoms with Gasteiger partial charge in [0.1, 0.15) is 66.3 Å². The van der Waals surface area contributed by atoms with Crippen LogP contribution < -0.4 is 26.6 Å². The minimum atomic E-state index is -2.06. The number of benzene rings is 2. The summed E-state index contributed by atoms with van der Waals surface area (Å²) < 4.78 is 46.6. The summed E-state index contributed by atoms with van der Waals surface area (Å²) in [5, 5.41) is 92.2. The molecule has 2 heterocycles. The van der Waals surface area contributed by atoms with Crippen molar-refractivity contribution in [3.63, 3.8) is 0 Å². The first-order valence-electron chi connectivity index (χ1n) is 25.4. The second-order valence-corrected chi connectivity index (χ2v) is 21.3. The lowest BCUT2D eigenvalue weighted by Crippen LogP contribution is -2.71. The topological polar surface area (TPSA) is 410 Å². The largest absolute Gasteiger partial charge is 0.466 e. The number of aliphatic hydroxyl groups is 5. The van der Waals surface area contributed by atoms with Gasteiger partial charge >= 0.3 is 24.4 Å². The van der Waals surface area contributed by atoms with Gasteiger partial charge in [0.15, 0.2) is 6.29 Å². The Morgan fingerprint density at radius 3 is 1.80 bits per heavy atom. The van der Waals surface area contributed by atoms with E-state index in [9.17, 15) is 69.7 Å². The number of carbonyl (C=O) groups excluding carboxylic acids is 5. The summed E-state index contributed by atoms with van der Waals surface area (Å²) in [5.74, 6) is -0.922. The molecule has 0 radical (unpaired) electrons. The van der Waals surface area contributed by atoms with Gasteiger partial charge in [-0.3, -0.25) is 25.0 Å². The number of alkyl carbamates (subject to hydrolysis) is 3. The van der Waals surface area contributed by atoms with Crippen molar-refractivity contribution in [1.82, 2.24) is 31.5 Å². The molecule has 2 aromatic carbocycles. The smallest absolute Gasteiger partial charge is 0.410 e. The van der Waals surface area contributed by atoms with E-state index in [0.717, 1.165) is 4.90 Å². The maximum absolute atomic E-state index is 13.9. The summed E-state index contributed by atoms with van der Waals surface area (Å²) in [5.41, 5.74) is -3.61. The fourth-order valence-electron chi connectivity index (χ4n) is 8.59. The zero-order valence-corrected chi connectivity index (χ0v) is 45.4. The minimum Gasteiger partial charge on any atom is -0.466 e. The van der Waals surface area contributed by atoms with Crippen LogP contribution in [0.5, 0.6) is 0 Å². The average molecular weight is 1140 g/mol. The zero-order valence-electron chi connectivity index (χ0n) is 45.4. The molecule has 30 heteroatoms. The number of nitro benzene ring substituents is 2. The van der Waals surface area contributed by atoms with Crippen LogP contribution in [-0.2, 0) is 55.9 Å². The summed E-state index contributed by atoms with van der Waals surface area (Å²) in [4.78, 5) is 89.1. The lowest BCUT2D eigenvalue weighted by molar-refractivity contribution is -0.385. The van der Waals surface area contributed by atoms with Crippen molar-refractivity contribution < 1.29 is 97.2 Å². The van der Waals surface area contributed by atoms with Gasteiger partial charge in [0.25, 0.3) is 17.3 Å². The van der Waals surface area contributed by atoms with Crippen molar-refractivity contribution in [1.29, 1.82) is 0 Å². The first-order valence-corrected chi connectivity index (χ1v) is 25.4. The van der Waals surface area contributed by atoms with Crippen molar-refractivity contribution in [2.75, 3.05) is 39.9 Å². The monoisotopic (exact) mass is 1140 g/mol. The Hall–Kier alpha value is -7.03. The molecule has 2 fully saturated rings. The normalized spacial score (nSPS) is 26.2. The molecule has 80 heavy (non-hydrogen) atoms.